The molecule has 6 heteroatoms. The molecule has 0 saturated carbocycles. The summed E-state index contributed by atoms with van der Waals surface area (Å²) in [6.07, 6.45) is 0. The average Bonchev–Trinajstić information content (AvgIpc) is 3.45. The monoisotopic (exact) mass is 740 g/mol. The number of hydrogen-bond donors (Lipinski definition) is 0. The van der Waals surface area contributed by atoms with Crippen LogP contribution < -0.4 is 9.80 Å². The molecule has 0 spiro atoms. The molecule has 0 bridgehead atoms. The van der Waals surface area contributed by atoms with Crippen molar-refractivity contribution in [2.45, 2.75) is 26.2 Å². The lowest BCUT2D eigenvalue weighted by Gasteiger charge is -2.29. The number of benzene rings is 8. The molecule has 0 aromatic heterocycles. The van der Waals surface area contributed by atoms with Crippen LogP contribution >= 0.6 is 0 Å². The van der Waals surface area contributed by atoms with Crippen LogP contribution in [0.15, 0.2) is 164 Å². The molecule has 56 heavy (non-hydrogen) atoms. The van der Waals surface area contributed by atoms with Crippen LogP contribution in [0.3, 0.4) is 0 Å². The number of nitrogens with zero attached hydrogens (tertiary/aromatic N) is 2. The topological polar surface area (TPSA) is 6.48 Å². The Morgan fingerprint density at radius 2 is 1.00 bits per heavy atom. The van der Waals surface area contributed by atoms with Crippen LogP contribution in [-0.2, 0) is 5.41 Å². The van der Waals surface area contributed by atoms with E-state index in [-0.39, 0.29) is 11.0 Å². The minimum absolute atomic E-state index is 0.00121. The summed E-state index contributed by atoms with van der Waals surface area (Å²) in [5.74, 6) is -5.96. The largest absolute Gasteiger partial charge is 0.310 e. The number of rotatable bonds is 7. The van der Waals surface area contributed by atoms with Crippen LogP contribution in [0.1, 0.15) is 30.5 Å². The lowest BCUT2D eigenvalue weighted by Crippen LogP contribution is -2.17. The number of halogens is 4. The van der Waals surface area contributed by atoms with E-state index >= 15 is 17.6 Å². The molecule has 274 valence electrons. The third-order valence-corrected chi connectivity index (χ3v) is 11.0. The second-order valence-corrected chi connectivity index (χ2v) is 14.8. The highest BCUT2D eigenvalue weighted by atomic mass is 19.2. The SMILES string of the molecule is Cc1ccc(N(c2c(F)c(F)c(-c3ccc(N(c4ccccc4)c4ccc5c(c4)C(C)(C)c4ccccc4-5)cc3)c(F)c2F)c2cccc3ccccc23)cc1. The van der Waals surface area contributed by atoms with Crippen molar-refractivity contribution in [3.05, 3.63) is 204 Å². The smallest absolute Gasteiger partial charge is 0.186 e. The van der Waals surface area contributed by atoms with E-state index < -0.39 is 34.5 Å². The molecule has 8 aromatic rings. The predicted octanol–water partition coefficient (Wildman–Crippen LogP) is 14.6. The van der Waals surface area contributed by atoms with Gasteiger partial charge in [0.2, 0.25) is 0 Å². The minimum Gasteiger partial charge on any atom is -0.310 e. The van der Waals surface area contributed by atoms with E-state index in [2.05, 4.69) is 61.2 Å². The van der Waals surface area contributed by atoms with E-state index in [0.29, 0.717) is 22.4 Å². The maximum absolute atomic E-state index is 16.6. The molecule has 0 aliphatic heterocycles. The Balaban J connectivity index is 1.15. The van der Waals surface area contributed by atoms with E-state index in [1.807, 2.05) is 67.6 Å². The van der Waals surface area contributed by atoms with Gasteiger partial charge in [-0.15, -0.1) is 0 Å². The van der Waals surface area contributed by atoms with Gasteiger partial charge in [0, 0.05) is 33.6 Å². The molecule has 9 rings (SSSR count). The molecule has 0 N–H and O–H groups in total. The van der Waals surface area contributed by atoms with Gasteiger partial charge in [-0.3, -0.25) is 0 Å². The predicted molar refractivity (Wildman–Crippen MR) is 221 cm³/mol. The van der Waals surface area contributed by atoms with Gasteiger partial charge in [-0.1, -0.05) is 129 Å². The summed E-state index contributed by atoms with van der Waals surface area (Å²) in [4.78, 5) is 3.31. The Bertz CT molecular complexity index is 2740. The summed E-state index contributed by atoms with van der Waals surface area (Å²) in [6, 6.07) is 50.6. The first-order valence-electron chi connectivity index (χ1n) is 18.5. The third-order valence-electron chi connectivity index (χ3n) is 11.0. The number of hydrogen-bond acceptors (Lipinski definition) is 2. The summed E-state index contributed by atoms with van der Waals surface area (Å²) in [7, 11) is 0. The molecule has 0 heterocycles. The Kier molecular flexibility index (Phi) is 8.50. The Morgan fingerprint density at radius 1 is 0.446 bits per heavy atom. The van der Waals surface area contributed by atoms with Gasteiger partial charge < -0.3 is 9.80 Å². The van der Waals surface area contributed by atoms with Crippen molar-refractivity contribution in [1.29, 1.82) is 0 Å². The number of anilines is 6. The Hall–Kier alpha value is -6.66. The van der Waals surface area contributed by atoms with Crippen LogP contribution in [0, 0.1) is 30.2 Å². The van der Waals surface area contributed by atoms with Crippen molar-refractivity contribution in [3.63, 3.8) is 0 Å². The molecule has 0 radical (unpaired) electrons. The highest BCUT2D eigenvalue weighted by molar-refractivity contribution is 5.99. The molecule has 1 aliphatic carbocycles. The van der Waals surface area contributed by atoms with Crippen molar-refractivity contribution in [2.75, 3.05) is 9.80 Å². The fourth-order valence-electron chi connectivity index (χ4n) is 8.19. The van der Waals surface area contributed by atoms with Crippen LogP contribution in [0.2, 0.25) is 0 Å². The first kappa shape index (κ1) is 35.1. The Morgan fingerprint density at radius 3 is 1.73 bits per heavy atom. The van der Waals surface area contributed by atoms with E-state index in [1.54, 1.807) is 48.5 Å². The fourth-order valence-corrected chi connectivity index (χ4v) is 8.19. The molecule has 2 nitrogen and oxygen atoms in total. The first-order chi connectivity index (χ1) is 27.1. The van der Waals surface area contributed by atoms with E-state index in [0.717, 1.165) is 22.3 Å². The zero-order valence-electron chi connectivity index (χ0n) is 31.0. The van der Waals surface area contributed by atoms with E-state index in [1.165, 1.54) is 39.3 Å². The van der Waals surface area contributed by atoms with Crippen molar-refractivity contribution >= 4 is 44.9 Å². The lowest BCUT2D eigenvalue weighted by atomic mass is 9.82. The maximum atomic E-state index is 16.6. The summed E-state index contributed by atoms with van der Waals surface area (Å²) in [6.45, 7) is 6.33. The summed E-state index contributed by atoms with van der Waals surface area (Å²) >= 11 is 0. The van der Waals surface area contributed by atoms with Crippen molar-refractivity contribution in [2.24, 2.45) is 0 Å². The molecular weight excluding hydrogens is 705 g/mol. The minimum atomic E-state index is -1.50. The van der Waals surface area contributed by atoms with Crippen LogP contribution in [-0.4, -0.2) is 0 Å². The fraction of sp³-hybridized carbons (Fsp3) is 0.0800. The average molecular weight is 741 g/mol. The van der Waals surface area contributed by atoms with Gasteiger partial charge in [-0.2, -0.15) is 0 Å². The molecule has 0 unspecified atom stereocenters. The summed E-state index contributed by atoms with van der Waals surface area (Å²) in [5.41, 5.74) is 7.10. The highest BCUT2D eigenvalue weighted by Gasteiger charge is 2.36. The number of aryl methyl sites for hydroxylation is 1. The summed E-state index contributed by atoms with van der Waals surface area (Å²) < 4.78 is 66.0. The van der Waals surface area contributed by atoms with Gasteiger partial charge in [-0.25, -0.2) is 17.6 Å². The molecule has 0 amide bonds. The second-order valence-electron chi connectivity index (χ2n) is 14.8. The molecule has 1 aliphatic rings. The number of fused-ring (bicyclic) bond motifs is 4. The van der Waals surface area contributed by atoms with Gasteiger partial charge in [0.25, 0.3) is 0 Å². The van der Waals surface area contributed by atoms with Crippen LogP contribution in [0.5, 0.6) is 0 Å². The van der Waals surface area contributed by atoms with Gasteiger partial charge >= 0.3 is 0 Å². The first-order valence-corrected chi connectivity index (χ1v) is 18.5. The normalized spacial score (nSPS) is 12.7. The third kappa shape index (κ3) is 5.63. The molecule has 0 atom stereocenters. The Labute approximate surface area is 323 Å². The highest BCUT2D eigenvalue weighted by Crippen LogP contribution is 2.51. The second kappa shape index (κ2) is 13.6. The zero-order chi connectivity index (χ0) is 38.7. The van der Waals surface area contributed by atoms with Gasteiger partial charge in [0.1, 0.15) is 5.69 Å². The lowest BCUT2D eigenvalue weighted by molar-refractivity contribution is 0.461. The standard InChI is InChI=1S/C50H36F4N2/c1-31-20-24-36(25-21-31)56(43-19-11-13-32-12-7-8-16-38(32)43)49-47(53)45(51)44(46(52)48(49)54)33-22-26-35(27-23-33)55(34-14-5-4-6-15-34)37-28-29-40-39-17-9-10-18-41(39)50(2,3)42(40)30-37/h4-30H,1-3H3. The molecule has 8 aromatic carbocycles. The quantitative estimate of drug-likeness (QED) is 0.119. The molecule has 0 saturated heterocycles. The zero-order valence-corrected chi connectivity index (χ0v) is 31.0. The van der Waals surface area contributed by atoms with E-state index in [9.17, 15) is 0 Å². The van der Waals surface area contributed by atoms with Gasteiger partial charge in [0.05, 0.1) is 11.3 Å². The molecular formula is C50H36F4N2. The summed E-state index contributed by atoms with van der Waals surface area (Å²) in [5, 5.41) is 1.47. The van der Waals surface area contributed by atoms with Crippen LogP contribution in [0.4, 0.5) is 51.7 Å². The van der Waals surface area contributed by atoms with Crippen molar-refractivity contribution < 1.29 is 17.6 Å². The van der Waals surface area contributed by atoms with Crippen molar-refractivity contribution in [3.8, 4) is 22.3 Å². The van der Waals surface area contributed by atoms with Crippen LogP contribution in [0.25, 0.3) is 33.0 Å². The number of para-hydroxylation sites is 1. The van der Waals surface area contributed by atoms with Crippen molar-refractivity contribution in [1.82, 2.24) is 0 Å². The van der Waals surface area contributed by atoms with Gasteiger partial charge in [-0.05, 0) is 94.7 Å². The van der Waals surface area contributed by atoms with E-state index in [4.69, 9.17) is 0 Å². The van der Waals surface area contributed by atoms with Gasteiger partial charge in [0.15, 0.2) is 23.3 Å². The maximum Gasteiger partial charge on any atom is 0.186 e. The molecule has 0 fully saturated rings.